The second kappa shape index (κ2) is 6.80. The number of carbonyl (C=O) groups excluding carboxylic acids is 1. The Bertz CT molecular complexity index is 353. The number of hydrogen-bond acceptors (Lipinski definition) is 5. The Labute approximate surface area is 101 Å². The van der Waals surface area contributed by atoms with Crippen LogP contribution in [0.5, 0.6) is 0 Å². The Hall–Kier alpha value is -1.69. The van der Waals surface area contributed by atoms with Crippen molar-refractivity contribution < 1.29 is 9.53 Å². The molecule has 0 fully saturated rings. The molecule has 0 bridgehead atoms. The van der Waals surface area contributed by atoms with Crippen molar-refractivity contribution in [2.24, 2.45) is 0 Å². The minimum atomic E-state index is -0.153. The molecule has 1 aromatic heterocycles. The molecule has 6 heteroatoms. The molecule has 1 N–H and O–H groups in total. The van der Waals surface area contributed by atoms with E-state index in [2.05, 4.69) is 15.5 Å². The van der Waals surface area contributed by atoms with Crippen molar-refractivity contribution in [1.29, 1.82) is 0 Å². The van der Waals surface area contributed by atoms with Crippen LogP contribution in [-0.4, -0.2) is 54.9 Å². The first-order valence-corrected chi connectivity index (χ1v) is 5.53. The van der Waals surface area contributed by atoms with E-state index in [4.69, 9.17) is 4.74 Å². The highest BCUT2D eigenvalue weighted by Crippen LogP contribution is 2.03. The third-order valence-electron chi connectivity index (χ3n) is 2.26. The molecule has 0 spiro atoms. The molecule has 0 unspecified atom stereocenters. The standard InChI is InChI=1S/C11H18N4O2/c1-4-17-8-7-15(3)11(16)9-5-6-10(12-2)14-13-9/h5-6H,4,7-8H2,1-3H3,(H,12,14). The van der Waals surface area contributed by atoms with Gasteiger partial charge >= 0.3 is 0 Å². The van der Waals surface area contributed by atoms with Gasteiger partial charge in [-0.15, -0.1) is 10.2 Å². The lowest BCUT2D eigenvalue weighted by atomic mass is 10.3. The smallest absolute Gasteiger partial charge is 0.274 e. The second-order valence-corrected chi connectivity index (χ2v) is 3.48. The number of aromatic nitrogens is 2. The summed E-state index contributed by atoms with van der Waals surface area (Å²) in [6, 6.07) is 3.37. The van der Waals surface area contributed by atoms with Gasteiger partial charge in [-0.1, -0.05) is 0 Å². The summed E-state index contributed by atoms with van der Waals surface area (Å²) < 4.78 is 5.19. The van der Waals surface area contributed by atoms with Gasteiger partial charge in [0.1, 0.15) is 5.82 Å². The lowest BCUT2D eigenvalue weighted by molar-refractivity contribution is 0.0703. The molecule has 0 atom stereocenters. The van der Waals surface area contributed by atoms with Crippen LogP contribution in [0, 0.1) is 0 Å². The van der Waals surface area contributed by atoms with Crippen LogP contribution in [0.2, 0.25) is 0 Å². The van der Waals surface area contributed by atoms with Gasteiger partial charge < -0.3 is 15.0 Å². The number of anilines is 1. The molecule has 17 heavy (non-hydrogen) atoms. The largest absolute Gasteiger partial charge is 0.380 e. The van der Waals surface area contributed by atoms with Crippen molar-refractivity contribution in [3.8, 4) is 0 Å². The topological polar surface area (TPSA) is 67.3 Å². The van der Waals surface area contributed by atoms with E-state index in [1.165, 1.54) is 0 Å². The molecule has 1 heterocycles. The molecular formula is C11H18N4O2. The van der Waals surface area contributed by atoms with Crippen LogP contribution >= 0.6 is 0 Å². The van der Waals surface area contributed by atoms with Crippen molar-refractivity contribution >= 4 is 11.7 Å². The molecule has 0 saturated carbocycles. The summed E-state index contributed by atoms with van der Waals surface area (Å²) in [6.07, 6.45) is 0. The van der Waals surface area contributed by atoms with Crippen LogP contribution in [0.4, 0.5) is 5.82 Å². The van der Waals surface area contributed by atoms with Gasteiger partial charge in [0.2, 0.25) is 0 Å². The van der Waals surface area contributed by atoms with Crippen LogP contribution < -0.4 is 5.32 Å². The first-order valence-electron chi connectivity index (χ1n) is 5.53. The summed E-state index contributed by atoms with van der Waals surface area (Å²) >= 11 is 0. The van der Waals surface area contributed by atoms with Crippen molar-refractivity contribution in [3.63, 3.8) is 0 Å². The fourth-order valence-corrected chi connectivity index (χ4v) is 1.22. The number of hydrogen-bond donors (Lipinski definition) is 1. The quantitative estimate of drug-likeness (QED) is 0.736. The van der Waals surface area contributed by atoms with Crippen molar-refractivity contribution in [2.45, 2.75) is 6.92 Å². The van der Waals surface area contributed by atoms with Gasteiger partial charge in [0.25, 0.3) is 5.91 Å². The number of nitrogens with zero attached hydrogens (tertiary/aromatic N) is 3. The number of ether oxygens (including phenoxy) is 1. The molecule has 0 aliphatic heterocycles. The number of nitrogens with one attached hydrogen (secondary N) is 1. The van der Waals surface area contributed by atoms with Gasteiger partial charge in [0, 0.05) is 27.2 Å². The van der Waals surface area contributed by atoms with E-state index in [1.54, 1.807) is 31.1 Å². The predicted molar refractivity (Wildman–Crippen MR) is 65.0 cm³/mol. The molecule has 0 aromatic carbocycles. The fourth-order valence-electron chi connectivity index (χ4n) is 1.22. The molecule has 1 aromatic rings. The van der Waals surface area contributed by atoms with Gasteiger partial charge in [0.05, 0.1) is 6.61 Å². The minimum Gasteiger partial charge on any atom is -0.380 e. The predicted octanol–water partition coefficient (Wildman–Crippen LogP) is 0.627. The average Bonchev–Trinajstić information content (AvgIpc) is 2.38. The highest BCUT2D eigenvalue weighted by molar-refractivity contribution is 5.92. The van der Waals surface area contributed by atoms with Crippen LogP contribution in [-0.2, 0) is 4.74 Å². The van der Waals surface area contributed by atoms with Gasteiger partial charge in [-0.25, -0.2) is 0 Å². The fraction of sp³-hybridized carbons (Fsp3) is 0.545. The van der Waals surface area contributed by atoms with E-state index in [-0.39, 0.29) is 5.91 Å². The maximum absolute atomic E-state index is 11.9. The molecule has 1 rings (SSSR count). The monoisotopic (exact) mass is 238 g/mol. The zero-order valence-electron chi connectivity index (χ0n) is 10.4. The first kappa shape index (κ1) is 13.4. The summed E-state index contributed by atoms with van der Waals surface area (Å²) in [4.78, 5) is 13.5. The minimum absolute atomic E-state index is 0.153. The van der Waals surface area contributed by atoms with Crippen LogP contribution in [0.1, 0.15) is 17.4 Å². The maximum Gasteiger partial charge on any atom is 0.274 e. The summed E-state index contributed by atoms with van der Waals surface area (Å²) in [5, 5.41) is 10.6. The number of likely N-dealkylation sites (N-methyl/N-ethyl adjacent to an activating group) is 1. The lowest BCUT2D eigenvalue weighted by Gasteiger charge is -2.16. The van der Waals surface area contributed by atoms with Crippen molar-refractivity contribution in [1.82, 2.24) is 15.1 Å². The Kier molecular flexibility index (Phi) is 5.35. The molecule has 6 nitrogen and oxygen atoms in total. The third-order valence-corrected chi connectivity index (χ3v) is 2.26. The van der Waals surface area contributed by atoms with E-state index in [9.17, 15) is 4.79 Å². The Morgan fingerprint density at radius 2 is 2.24 bits per heavy atom. The van der Waals surface area contributed by atoms with Crippen LogP contribution in [0.25, 0.3) is 0 Å². The van der Waals surface area contributed by atoms with E-state index < -0.39 is 0 Å². The zero-order chi connectivity index (χ0) is 12.7. The number of rotatable bonds is 6. The van der Waals surface area contributed by atoms with Crippen molar-refractivity contribution in [3.05, 3.63) is 17.8 Å². The van der Waals surface area contributed by atoms with E-state index >= 15 is 0 Å². The molecule has 94 valence electrons. The molecule has 0 aliphatic rings. The Morgan fingerprint density at radius 3 is 2.76 bits per heavy atom. The summed E-state index contributed by atoms with van der Waals surface area (Å²) in [5.74, 6) is 0.485. The van der Waals surface area contributed by atoms with Gasteiger partial charge in [-0.3, -0.25) is 4.79 Å². The van der Waals surface area contributed by atoms with Crippen LogP contribution in [0.3, 0.4) is 0 Å². The third kappa shape index (κ3) is 3.99. The SMILES string of the molecule is CCOCCN(C)C(=O)c1ccc(NC)nn1. The molecular weight excluding hydrogens is 220 g/mol. The number of amides is 1. The lowest BCUT2D eigenvalue weighted by Crippen LogP contribution is -2.31. The highest BCUT2D eigenvalue weighted by Gasteiger charge is 2.13. The average molecular weight is 238 g/mol. The Balaban J connectivity index is 2.55. The second-order valence-electron chi connectivity index (χ2n) is 3.48. The summed E-state index contributed by atoms with van der Waals surface area (Å²) in [7, 11) is 3.47. The van der Waals surface area contributed by atoms with E-state index in [0.29, 0.717) is 31.3 Å². The number of carbonyl (C=O) groups is 1. The summed E-state index contributed by atoms with van der Waals surface area (Å²) in [6.45, 7) is 3.64. The van der Waals surface area contributed by atoms with Gasteiger partial charge in [-0.2, -0.15) is 0 Å². The molecule has 0 radical (unpaired) electrons. The van der Waals surface area contributed by atoms with Gasteiger partial charge in [0.15, 0.2) is 5.69 Å². The van der Waals surface area contributed by atoms with E-state index in [0.717, 1.165) is 0 Å². The molecule has 0 saturated heterocycles. The van der Waals surface area contributed by atoms with E-state index in [1.807, 2.05) is 6.92 Å². The normalized spacial score (nSPS) is 10.1. The maximum atomic E-state index is 11.9. The van der Waals surface area contributed by atoms with Crippen molar-refractivity contribution in [2.75, 3.05) is 39.2 Å². The molecule has 0 aliphatic carbocycles. The zero-order valence-corrected chi connectivity index (χ0v) is 10.4. The summed E-state index contributed by atoms with van der Waals surface area (Å²) in [5.41, 5.74) is 0.336. The Morgan fingerprint density at radius 1 is 1.47 bits per heavy atom. The van der Waals surface area contributed by atoms with Crippen LogP contribution in [0.15, 0.2) is 12.1 Å². The first-order chi connectivity index (χ1) is 8.19. The highest BCUT2D eigenvalue weighted by atomic mass is 16.5. The molecule has 1 amide bonds. The van der Waals surface area contributed by atoms with Gasteiger partial charge in [-0.05, 0) is 19.1 Å².